The predicted octanol–water partition coefficient (Wildman–Crippen LogP) is 4.00. The molecule has 0 aromatic heterocycles. The summed E-state index contributed by atoms with van der Waals surface area (Å²) in [4.78, 5) is 0. The second-order valence-corrected chi connectivity index (χ2v) is 5.44. The Morgan fingerprint density at radius 2 is 1.79 bits per heavy atom. The lowest BCUT2D eigenvalue weighted by molar-refractivity contribution is 0.146. The van der Waals surface area contributed by atoms with Gasteiger partial charge in [0.1, 0.15) is 5.82 Å². The van der Waals surface area contributed by atoms with Crippen LogP contribution in [-0.4, -0.2) is 17.6 Å². The van der Waals surface area contributed by atoms with E-state index in [0.29, 0.717) is 11.1 Å². The van der Waals surface area contributed by atoms with E-state index in [4.69, 9.17) is 5.73 Å². The Morgan fingerprint density at radius 3 is 2.42 bits per heavy atom. The van der Waals surface area contributed by atoms with Crippen molar-refractivity contribution in [1.29, 1.82) is 0 Å². The van der Waals surface area contributed by atoms with Crippen LogP contribution in [-0.2, 0) is 6.42 Å². The fraction of sp³-hybridized carbons (Fsp3) is 0.222. The number of hydrogen-bond donors (Lipinski definition) is 2. The van der Waals surface area contributed by atoms with Gasteiger partial charge in [-0.2, -0.15) is 0 Å². The van der Waals surface area contributed by atoms with Crippen molar-refractivity contribution in [3.8, 4) is 0 Å². The molecule has 2 aromatic carbocycles. The Labute approximate surface area is 137 Å². The molecule has 2 nitrogen and oxygen atoms in total. The number of nitrogens with two attached hydrogens (primary N) is 1. The van der Waals surface area contributed by atoms with Crippen molar-refractivity contribution < 1.29 is 22.7 Å². The van der Waals surface area contributed by atoms with Crippen LogP contribution >= 0.6 is 0 Å². The van der Waals surface area contributed by atoms with Crippen LogP contribution in [0.3, 0.4) is 0 Å². The topological polar surface area (TPSA) is 46.2 Å². The molecule has 0 aliphatic rings. The molecule has 2 aromatic rings. The molecule has 0 radical (unpaired) electrons. The maximum absolute atomic E-state index is 13.0. The average molecular weight is 339 g/mol. The molecule has 0 amide bonds. The molecule has 6 heteroatoms. The Bertz CT molecular complexity index is 700. The lowest BCUT2D eigenvalue weighted by atomic mass is 9.96. The quantitative estimate of drug-likeness (QED) is 0.781. The van der Waals surface area contributed by atoms with Gasteiger partial charge in [0, 0.05) is 6.04 Å². The number of aliphatic hydroxyl groups is 1. The number of alkyl halides is 2. The summed E-state index contributed by atoms with van der Waals surface area (Å²) < 4.78 is 50.4. The number of benzene rings is 2. The summed E-state index contributed by atoms with van der Waals surface area (Å²) in [5.74, 6) is -1.93. The molecule has 0 fully saturated rings. The van der Waals surface area contributed by atoms with E-state index in [-0.39, 0.29) is 12.0 Å². The van der Waals surface area contributed by atoms with Crippen LogP contribution in [0.25, 0.3) is 6.08 Å². The second kappa shape index (κ2) is 8.08. The molecule has 0 aliphatic heterocycles. The maximum atomic E-state index is 13.0. The van der Waals surface area contributed by atoms with Crippen molar-refractivity contribution in [2.45, 2.75) is 25.0 Å². The summed E-state index contributed by atoms with van der Waals surface area (Å²) in [6, 6.07) is 11.0. The van der Waals surface area contributed by atoms with Gasteiger partial charge in [0.25, 0.3) is 6.43 Å². The van der Waals surface area contributed by atoms with Gasteiger partial charge in [0.15, 0.2) is 5.83 Å². The zero-order chi connectivity index (χ0) is 17.7. The highest BCUT2D eigenvalue weighted by Gasteiger charge is 2.17. The molecular weight excluding hydrogens is 322 g/mol. The molecule has 24 heavy (non-hydrogen) atoms. The summed E-state index contributed by atoms with van der Waals surface area (Å²) in [5, 5.41) is 10.2. The van der Waals surface area contributed by atoms with E-state index >= 15 is 0 Å². The summed E-state index contributed by atoms with van der Waals surface area (Å²) in [6.07, 6.45) is -3.16. The highest BCUT2D eigenvalue weighted by molar-refractivity contribution is 5.52. The first-order valence-corrected chi connectivity index (χ1v) is 7.30. The van der Waals surface area contributed by atoms with Crippen molar-refractivity contribution in [2.24, 2.45) is 5.73 Å². The summed E-state index contributed by atoms with van der Waals surface area (Å²) in [7, 11) is 0. The molecule has 128 valence electrons. The van der Waals surface area contributed by atoms with E-state index < -0.39 is 30.2 Å². The van der Waals surface area contributed by atoms with Crippen molar-refractivity contribution in [3.63, 3.8) is 0 Å². The van der Waals surface area contributed by atoms with Crippen LogP contribution < -0.4 is 5.73 Å². The Kier molecular flexibility index (Phi) is 6.11. The normalized spacial score (nSPS) is 14.7. The first kappa shape index (κ1) is 18.2. The number of halogens is 4. The molecule has 2 unspecified atom stereocenters. The summed E-state index contributed by atoms with van der Waals surface area (Å²) >= 11 is 0. The summed E-state index contributed by atoms with van der Waals surface area (Å²) in [5.41, 5.74) is 7.39. The number of rotatable bonds is 6. The van der Waals surface area contributed by atoms with Gasteiger partial charge in [0.2, 0.25) is 0 Å². The molecule has 0 aliphatic carbocycles. The predicted molar refractivity (Wildman–Crippen MR) is 84.6 cm³/mol. The lowest BCUT2D eigenvalue weighted by Gasteiger charge is -2.19. The highest BCUT2D eigenvalue weighted by atomic mass is 19.3. The van der Waals surface area contributed by atoms with Crippen molar-refractivity contribution in [2.75, 3.05) is 0 Å². The molecule has 3 N–H and O–H groups in total. The number of hydrogen-bond acceptors (Lipinski definition) is 2. The van der Waals surface area contributed by atoms with Crippen molar-refractivity contribution >= 4 is 6.08 Å². The lowest BCUT2D eigenvalue weighted by Crippen LogP contribution is -2.30. The van der Waals surface area contributed by atoms with Crippen LogP contribution in [0.5, 0.6) is 0 Å². The SMILES string of the molecule is NC(Cc1cccc(C=C(F)C(F)F)c1)C(O)c1ccc(F)cc1. The molecule has 0 heterocycles. The molecule has 2 rings (SSSR count). The van der Waals surface area contributed by atoms with Gasteiger partial charge in [-0.15, -0.1) is 0 Å². The molecule has 2 atom stereocenters. The summed E-state index contributed by atoms with van der Waals surface area (Å²) in [6.45, 7) is 0. The van der Waals surface area contributed by atoms with Gasteiger partial charge in [-0.05, 0) is 41.3 Å². The monoisotopic (exact) mass is 339 g/mol. The van der Waals surface area contributed by atoms with Gasteiger partial charge in [-0.25, -0.2) is 17.6 Å². The fourth-order valence-electron chi connectivity index (χ4n) is 2.32. The zero-order valence-corrected chi connectivity index (χ0v) is 12.7. The van der Waals surface area contributed by atoms with Gasteiger partial charge >= 0.3 is 0 Å². The molecule has 0 spiro atoms. The third-order valence-corrected chi connectivity index (χ3v) is 3.55. The highest BCUT2D eigenvalue weighted by Crippen LogP contribution is 2.21. The largest absolute Gasteiger partial charge is 0.387 e. The third-order valence-electron chi connectivity index (χ3n) is 3.55. The van der Waals surface area contributed by atoms with E-state index in [0.717, 1.165) is 6.08 Å². The number of allylic oxidation sites excluding steroid dienone is 1. The van der Waals surface area contributed by atoms with E-state index in [9.17, 15) is 22.7 Å². The fourth-order valence-corrected chi connectivity index (χ4v) is 2.32. The third kappa shape index (κ3) is 4.91. The minimum Gasteiger partial charge on any atom is -0.387 e. The van der Waals surface area contributed by atoms with Crippen LogP contribution in [0.15, 0.2) is 54.4 Å². The molecule has 0 bridgehead atoms. The van der Waals surface area contributed by atoms with E-state index in [2.05, 4.69) is 0 Å². The Balaban J connectivity index is 2.10. The van der Waals surface area contributed by atoms with Crippen LogP contribution in [0, 0.1) is 5.82 Å². The first-order valence-electron chi connectivity index (χ1n) is 7.30. The molecule has 0 saturated heterocycles. The second-order valence-electron chi connectivity index (χ2n) is 5.44. The van der Waals surface area contributed by atoms with Gasteiger partial charge in [-0.3, -0.25) is 0 Å². The molecule has 0 saturated carbocycles. The minimum atomic E-state index is -3.16. The standard InChI is InChI=1S/C18H17F4NO/c19-14-6-4-13(5-7-14)17(24)16(23)10-12-3-1-2-11(8-12)9-15(20)18(21)22/h1-9,16-18,24H,10,23H2. The average Bonchev–Trinajstić information content (AvgIpc) is 2.55. The smallest absolute Gasteiger partial charge is 0.289 e. The van der Waals surface area contributed by atoms with Crippen LogP contribution in [0.4, 0.5) is 17.6 Å². The Morgan fingerprint density at radius 1 is 1.12 bits per heavy atom. The van der Waals surface area contributed by atoms with Crippen LogP contribution in [0.2, 0.25) is 0 Å². The van der Waals surface area contributed by atoms with Gasteiger partial charge in [-0.1, -0.05) is 36.4 Å². The van der Waals surface area contributed by atoms with E-state index in [1.807, 2.05) is 0 Å². The Hall–Kier alpha value is -2.18. The molecular formula is C18H17F4NO. The van der Waals surface area contributed by atoms with Gasteiger partial charge in [0.05, 0.1) is 6.10 Å². The van der Waals surface area contributed by atoms with Crippen LogP contribution in [0.1, 0.15) is 22.8 Å². The van der Waals surface area contributed by atoms with Gasteiger partial charge < -0.3 is 10.8 Å². The first-order chi connectivity index (χ1) is 11.4. The minimum absolute atomic E-state index is 0.247. The van der Waals surface area contributed by atoms with Crippen molar-refractivity contribution in [3.05, 3.63) is 76.9 Å². The van der Waals surface area contributed by atoms with E-state index in [1.54, 1.807) is 12.1 Å². The maximum Gasteiger partial charge on any atom is 0.289 e. The van der Waals surface area contributed by atoms with Crippen molar-refractivity contribution in [1.82, 2.24) is 0 Å². The number of aliphatic hydroxyl groups excluding tert-OH is 1. The van der Waals surface area contributed by atoms with E-state index in [1.165, 1.54) is 36.4 Å². The zero-order valence-electron chi connectivity index (χ0n) is 12.7.